The van der Waals surface area contributed by atoms with Gasteiger partial charge in [-0.15, -0.1) is 5.53 Å². The van der Waals surface area contributed by atoms with Gasteiger partial charge in [0.15, 0.2) is 0 Å². The first-order valence-electron chi connectivity index (χ1n) is 10.3. The zero-order valence-electron chi connectivity index (χ0n) is 17.7. The van der Waals surface area contributed by atoms with Crippen LogP contribution in [0.1, 0.15) is 66.2 Å². The first kappa shape index (κ1) is 23.4. The van der Waals surface area contributed by atoms with Crippen LogP contribution in [-0.2, 0) is 4.74 Å². The van der Waals surface area contributed by atoms with Crippen LogP contribution in [0.2, 0.25) is 0 Å². The summed E-state index contributed by atoms with van der Waals surface area (Å²) < 4.78 is 5.69. The molecule has 0 saturated carbocycles. The molecule has 1 aliphatic rings. The van der Waals surface area contributed by atoms with Gasteiger partial charge in [-0.1, -0.05) is 53.4 Å². The molecule has 0 radical (unpaired) electrons. The quantitative estimate of drug-likeness (QED) is 0.176. The summed E-state index contributed by atoms with van der Waals surface area (Å²) in [5, 5.41) is 5.82. The van der Waals surface area contributed by atoms with E-state index in [0.717, 1.165) is 37.0 Å². The second kappa shape index (κ2) is 14.5. The lowest BCUT2D eigenvalue weighted by atomic mass is 10.1. The number of nitrogens with one attached hydrogen (secondary N) is 2. The summed E-state index contributed by atoms with van der Waals surface area (Å²) in [6.07, 6.45) is 11.0. The highest BCUT2D eigenvalue weighted by atomic mass is 16.5. The van der Waals surface area contributed by atoms with Crippen LogP contribution in [0.4, 0.5) is 0 Å². The molecule has 0 saturated heterocycles. The maximum atomic E-state index is 5.69. The molecular weight excluding hydrogens is 340 g/mol. The second-order valence-corrected chi connectivity index (χ2v) is 8.01. The van der Waals surface area contributed by atoms with Gasteiger partial charge in [-0.05, 0) is 24.7 Å². The van der Waals surface area contributed by atoms with E-state index >= 15 is 0 Å². The molecule has 0 unspecified atom stereocenters. The van der Waals surface area contributed by atoms with Gasteiger partial charge in [-0.25, -0.2) is 0 Å². The van der Waals surface area contributed by atoms with Gasteiger partial charge < -0.3 is 16.0 Å². The molecule has 0 atom stereocenters. The van der Waals surface area contributed by atoms with E-state index in [1.54, 1.807) is 6.21 Å². The third-order valence-corrected chi connectivity index (χ3v) is 4.33. The minimum atomic E-state index is 0.361. The fraction of sp³-hybridized carbons (Fsp3) is 0.800. The molecule has 0 amide bonds. The number of hydrogen-bond acceptors (Lipinski definition) is 7. The third-order valence-electron chi connectivity index (χ3n) is 4.33. The lowest BCUT2D eigenvalue weighted by Crippen LogP contribution is -2.37. The predicted molar refractivity (Wildman–Crippen MR) is 114 cm³/mol. The molecule has 0 spiro atoms. The van der Waals surface area contributed by atoms with Gasteiger partial charge in [-0.2, -0.15) is 5.10 Å². The summed E-state index contributed by atoms with van der Waals surface area (Å²) in [5.41, 5.74) is 7.93. The first-order valence-corrected chi connectivity index (χ1v) is 10.3. The van der Waals surface area contributed by atoms with Crippen molar-refractivity contribution >= 4 is 11.9 Å². The number of unbranched alkanes of at least 4 members (excludes halogenated alkanes) is 2. The van der Waals surface area contributed by atoms with Crippen LogP contribution in [0.15, 0.2) is 22.0 Å². The van der Waals surface area contributed by atoms with Crippen molar-refractivity contribution in [3.63, 3.8) is 0 Å². The lowest BCUT2D eigenvalue weighted by Gasteiger charge is -2.15. The molecule has 1 aliphatic heterocycles. The number of rotatable bonds is 15. The van der Waals surface area contributed by atoms with Crippen molar-refractivity contribution in [2.75, 3.05) is 26.3 Å². The Hall–Kier alpha value is -1.60. The van der Waals surface area contributed by atoms with Crippen LogP contribution in [0.3, 0.4) is 0 Å². The second-order valence-electron chi connectivity index (χ2n) is 8.01. The zero-order chi connectivity index (χ0) is 19.9. The summed E-state index contributed by atoms with van der Waals surface area (Å²) in [6, 6.07) is 0. The summed E-state index contributed by atoms with van der Waals surface area (Å²) in [7, 11) is 0. The van der Waals surface area contributed by atoms with E-state index in [0.29, 0.717) is 18.9 Å². The smallest absolute Gasteiger partial charge is 0.103 e. The number of nitrogens with zero attached hydrogens (tertiary/aromatic N) is 3. The van der Waals surface area contributed by atoms with Crippen molar-refractivity contribution in [1.82, 2.24) is 16.0 Å². The zero-order valence-corrected chi connectivity index (χ0v) is 17.7. The standard InChI is InChI=1S/C20H40N6O/c1-17(2)9-5-7-11-22-13-19(23-21)15-27-16-20-14-26(25-24-20)12-8-6-10-18(3)4/h13-14,17-18,24-25H,5-12,15-16,21H2,1-4H3. The highest BCUT2D eigenvalue weighted by molar-refractivity contribution is 6.31. The topological polar surface area (TPSA) is 87.3 Å². The van der Waals surface area contributed by atoms with Crippen LogP contribution in [0.5, 0.6) is 0 Å². The maximum Gasteiger partial charge on any atom is 0.103 e. The van der Waals surface area contributed by atoms with E-state index in [-0.39, 0.29) is 0 Å². The third kappa shape index (κ3) is 12.4. The van der Waals surface area contributed by atoms with Crippen molar-refractivity contribution in [3.05, 3.63) is 11.9 Å². The van der Waals surface area contributed by atoms with E-state index in [1.807, 2.05) is 0 Å². The van der Waals surface area contributed by atoms with Crippen LogP contribution >= 0.6 is 0 Å². The molecule has 156 valence electrons. The molecule has 0 aromatic heterocycles. The van der Waals surface area contributed by atoms with E-state index in [2.05, 4.69) is 60.0 Å². The molecule has 0 aromatic carbocycles. The largest absolute Gasteiger partial charge is 0.369 e. The first-order chi connectivity index (χ1) is 13.0. The molecule has 0 fully saturated rings. The average Bonchev–Trinajstić information content (AvgIpc) is 3.07. The summed E-state index contributed by atoms with van der Waals surface area (Å²) in [5.74, 6) is 6.96. The van der Waals surface area contributed by atoms with Crippen molar-refractivity contribution in [2.45, 2.75) is 66.2 Å². The van der Waals surface area contributed by atoms with E-state index in [9.17, 15) is 0 Å². The van der Waals surface area contributed by atoms with Crippen LogP contribution < -0.4 is 16.8 Å². The summed E-state index contributed by atoms with van der Waals surface area (Å²) in [4.78, 5) is 4.39. The summed E-state index contributed by atoms with van der Waals surface area (Å²) >= 11 is 0. The van der Waals surface area contributed by atoms with Crippen molar-refractivity contribution in [3.8, 4) is 0 Å². The summed E-state index contributed by atoms with van der Waals surface area (Å²) in [6.45, 7) is 11.7. The number of ether oxygens (including phenoxy) is 1. The monoisotopic (exact) mass is 380 g/mol. The van der Waals surface area contributed by atoms with Crippen LogP contribution in [0, 0.1) is 11.8 Å². The number of hydrazone groups is 1. The van der Waals surface area contributed by atoms with E-state index < -0.39 is 0 Å². The SMILES string of the molecule is CC(C)CCCCN=CC(COCC1=CN(CCCCC(C)C)NN1)=NN. The fourth-order valence-electron chi connectivity index (χ4n) is 2.72. The number of aliphatic imine (C=N–C) groups is 1. The Bertz CT molecular complexity index is 473. The predicted octanol–water partition coefficient (Wildman–Crippen LogP) is 3.21. The van der Waals surface area contributed by atoms with Crippen LogP contribution in [-0.4, -0.2) is 43.2 Å². The van der Waals surface area contributed by atoms with Gasteiger partial charge in [0.05, 0.1) is 18.9 Å². The fourth-order valence-corrected chi connectivity index (χ4v) is 2.72. The highest BCUT2D eigenvalue weighted by Gasteiger charge is 2.11. The van der Waals surface area contributed by atoms with Crippen molar-refractivity contribution < 1.29 is 4.74 Å². The number of hydrogen-bond donors (Lipinski definition) is 3. The van der Waals surface area contributed by atoms with E-state index in [1.165, 1.54) is 32.1 Å². The van der Waals surface area contributed by atoms with Gasteiger partial charge in [0.1, 0.15) is 5.71 Å². The Morgan fingerprint density at radius 3 is 2.52 bits per heavy atom. The van der Waals surface area contributed by atoms with Gasteiger partial charge in [0.25, 0.3) is 0 Å². The molecule has 7 heteroatoms. The molecule has 1 heterocycles. The Kier molecular flexibility index (Phi) is 12.6. The Morgan fingerprint density at radius 1 is 1.15 bits per heavy atom. The van der Waals surface area contributed by atoms with Gasteiger partial charge in [0, 0.05) is 25.5 Å². The van der Waals surface area contributed by atoms with Gasteiger partial charge in [0.2, 0.25) is 0 Å². The minimum absolute atomic E-state index is 0.361. The average molecular weight is 381 g/mol. The van der Waals surface area contributed by atoms with Crippen molar-refractivity contribution in [1.29, 1.82) is 0 Å². The highest BCUT2D eigenvalue weighted by Crippen LogP contribution is 2.08. The van der Waals surface area contributed by atoms with Crippen molar-refractivity contribution in [2.24, 2.45) is 27.8 Å². The van der Waals surface area contributed by atoms with Crippen LogP contribution in [0.25, 0.3) is 0 Å². The van der Waals surface area contributed by atoms with E-state index in [4.69, 9.17) is 10.6 Å². The molecule has 1 rings (SSSR count). The van der Waals surface area contributed by atoms with Gasteiger partial charge in [-0.3, -0.25) is 10.0 Å². The Morgan fingerprint density at radius 2 is 1.85 bits per heavy atom. The molecule has 0 aliphatic carbocycles. The molecule has 4 N–H and O–H groups in total. The number of nitrogens with two attached hydrogens (primary N) is 1. The molecule has 0 aromatic rings. The molecular formula is C20H40N6O. The Labute approximate surface area is 165 Å². The normalized spacial score (nSPS) is 15.3. The minimum Gasteiger partial charge on any atom is -0.369 e. The van der Waals surface area contributed by atoms with Gasteiger partial charge >= 0.3 is 0 Å². The Balaban J connectivity index is 2.14. The molecule has 27 heavy (non-hydrogen) atoms. The maximum absolute atomic E-state index is 5.69. The number of hydrazine groups is 2. The molecule has 0 bridgehead atoms. The lowest BCUT2D eigenvalue weighted by molar-refractivity contribution is 0.191. The molecule has 7 nitrogen and oxygen atoms in total.